The Morgan fingerprint density at radius 2 is 2.24 bits per heavy atom. The van der Waals surface area contributed by atoms with Crippen LogP contribution in [0, 0.1) is 6.92 Å². The van der Waals surface area contributed by atoms with Gasteiger partial charge in [-0.3, -0.25) is 9.78 Å². The predicted molar refractivity (Wildman–Crippen MR) is 61.8 cm³/mol. The van der Waals surface area contributed by atoms with Crippen LogP contribution in [0.2, 0.25) is 0 Å². The second-order valence-electron chi connectivity index (χ2n) is 3.85. The van der Waals surface area contributed by atoms with Crippen molar-refractivity contribution >= 4 is 5.97 Å². The first-order valence-electron chi connectivity index (χ1n) is 5.36. The van der Waals surface area contributed by atoms with Crippen molar-refractivity contribution < 1.29 is 14.3 Å². The molecule has 88 valence electrons. The average Bonchev–Trinajstić information content (AvgIpc) is 2.73. The topological polar surface area (TPSA) is 63.3 Å². The van der Waals surface area contributed by atoms with E-state index in [-0.39, 0.29) is 12.3 Å². The smallest absolute Gasteiger partial charge is 0.304 e. The fourth-order valence-electron chi connectivity index (χ4n) is 1.75. The quantitative estimate of drug-likeness (QED) is 0.878. The van der Waals surface area contributed by atoms with E-state index in [0.717, 1.165) is 5.76 Å². The van der Waals surface area contributed by atoms with Crippen LogP contribution in [0.25, 0.3) is 0 Å². The highest BCUT2D eigenvalue weighted by molar-refractivity contribution is 5.68. The molecule has 0 bridgehead atoms. The number of carbonyl (C=O) groups is 1. The maximum atomic E-state index is 10.9. The van der Waals surface area contributed by atoms with E-state index in [2.05, 4.69) is 4.98 Å². The van der Waals surface area contributed by atoms with Crippen molar-refractivity contribution in [2.24, 2.45) is 0 Å². The molecule has 0 amide bonds. The van der Waals surface area contributed by atoms with Gasteiger partial charge in [0.25, 0.3) is 0 Å². The Morgan fingerprint density at radius 3 is 2.76 bits per heavy atom. The minimum atomic E-state index is -0.866. The maximum Gasteiger partial charge on any atom is 0.304 e. The lowest BCUT2D eigenvalue weighted by atomic mass is 9.98. The van der Waals surface area contributed by atoms with Crippen LogP contribution < -0.4 is 0 Å². The van der Waals surface area contributed by atoms with Gasteiger partial charge in [0.2, 0.25) is 0 Å². The van der Waals surface area contributed by atoms with Crippen LogP contribution in [0.4, 0.5) is 0 Å². The third-order valence-electron chi connectivity index (χ3n) is 2.53. The highest BCUT2D eigenvalue weighted by atomic mass is 16.4. The molecule has 0 aliphatic carbocycles. The van der Waals surface area contributed by atoms with Crippen LogP contribution >= 0.6 is 0 Å². The molecule has 2 aromatic rings. The monoisotopic (exact) mass is 231 g/mol. The average molecular weight is 231 g/mol. The third kappa shape index (κ3) is 2.72. The molecular formula is C13H13NO3. The molecule has 4 heteroatoms. The molecule has 0 aliphatic rings. The van der Waals surface area contributed by atoms with Crippen molar-refractivity contribution in [2.75, 3.05) is 0 Å². The van der Waals surface area contributed by atoms with E-state index in [1.165, 1.54) is 0 Å². The van der Waals surface area contributed by atoms with E-state index in [1.54, 1.807) is 18.3 Å². The zero-order chi connectivity index (χ0) is 12.3. The van der Waals surface area contributed by atoms with Crippen LogP contribution in [0.3, 0.4) is 0 Å². The van der Waals surface area contributed by atoms with Gasteiger partial charge in [-0.05, 0) is 31.2 Å². The summed E-state index contributed by atoms with van der Waals surface area (Å²) in [4.78, 5) is 15.1. The first kappa shape index (κ1) is 11.4. The van der Waals surface area contributed by atoms with Crippen LogP contribution in [0.1, 0.15) is 29.6 Å². The number of rotatable bonds is 4. The summed E-state index contributed by atoms with van der Waals surface area (Å²) in [6.07, 6.45) is 1.63. The molecule has 0 saturated heterocycles. The molecule has 4 nitrogen and oxygen atoms in total. The van der Waals surface area contributed by atoms with E-state index in [1.807, 2.05) is 25.1 Å². The zero-order valence-electron chi connectivity index (χ0n) is 9.46. The number of nitrogens with zero attached hydrogens (tertiary/aromatic N) is 1. The molecule has 2 rings (SSSR count). The molecule has 2 heterocycles. The Balaban J connectivity index is 2.35. The van der Waals surface area contributed by atoms with E-state index < -0.39 is 5.97 Å². The van der Waals surface area contributed by atoms with Gasteiger partial charge >= 0.3 is 5.97 Å². The van der Waals surface area contributed by atoms with Crippen molar-refractivity contribution in [1.82, 2.24) is 4.98 Å². The molecule has 2 aromatic heterocycles. The summed E-state index contributed by atoms with van der Waals surface area (Å²) < 4.78 is 5.50. The van der Waals surface area contributed by atoms with E-state index in [4.69, 9.17) is 9.52 Å². The van der Waals surface area contributed by atoms with Gasteiger partial charge in [0.15, 0.2) is 0 Å². The van der Waals surface area contributed by atoms with Gasteiger partial charge < -0.3 is 9.52 Å². The fourth-order valence-corrected chi connectivity index (χ4v) is 1.75. The highest BCUT2D eigenvalue weighted by Gasteiger charge is 2.21. The molecule has 1 atom stereocenters. The number of carboxylic acids is 1. The van der Waals surface area contributed by atoms with Gasteiger partial charge in [-0.25, -0.2) is 0 Å². The van der Waals surface area contributed by atoms with Gasteiger partial charge in [-0.1, -0.05) is 6.07 Å². The summed E-state index contributed by atoms with van der Waals surface area (Å²) in [5.74, 6) is 0.215. The second kappa shape index (κ2) is 4.82. The first-order valence-corrected chi connectivity index (χ1v) is 5.36. The summed E-state index contributed by atoms with van der Waals surface area (Å²) in [7, 11) is 0. The largest absolute Gasteiger partial charge is 0.481 e. The lowest BCUT2D eigenvalue weighted by Crippen LogP contribution is -2.08. The van der Waals surface area contributed by atoms with Gasteiger partial charge in [0.1, 0.15) is 11.5 Å². The molecule has 0 saturated carbocycles. The third-order valence-corrected chi connectivity index (χ3v) is 2.53. The highest BCUT2D eigenvalue weighted by Crippen LogP contribution is 2.27. The number of hydrogen-bond donors (Lipinski definition) is 1. The molecule has 17 heavy (non-hydrogen) atoms. The number of aliphatic carboxylic acids is 1. The molecule has 0 fully saturated rings. The Kier molecular flexibility index (Phi) is 3.23. The first-order chi connectivity index (χ1) is 8.16. The number of hydrogen-bond acceptors (Lipinski definition) is 3. The molecule has 1 unspecified atom stereocenters. The number of aromatic nitrogens is 1. The Labute approximate surface area is 98.9 Å². The normalized spacial score (nSPS) is 12.3. The van der Waals surface area contributed by atoms with Crippen LogP contribution in [0.5, 0.6) is 0 Å². The number of aryl methyl sites for hydroxylation is 1. The van der Waals surface area contributed by atoms with Gasteiger partial charge in [0, 0.05) is 6.20 Å². The lowest BCUT2D eigenvalue weighted by Gasteiger charge is -2.11. The molecule has 0 aliphatic heterocycles. The van der Waals surface area contributed by atoms with Crippen molar-refractivity contribution in [1.29, 1.82) is 0 Å². The molecule has 0 spiro atoms. The standard InChI is InChI=1S/C13H13NO3/c1-9-5-6-12(17-9)10(8-13(15)16)11-4-2-3-7-14-11/h2-7,10H,8H2,1H3,(H,15,16). The minimum absolute atomic E-state index is 0.0238. The number of carboxylic acid groups (broad SMARTS) is 1. The Hall–Kier alpha value is -2.10. The van der Waals surface area contributed by atoms with Crippen molar-refractivity contribution in [3.8, 4) is 0 Å². The van der Waals surface area contributed by atoms with Gasteiger partial charge in [0.05, 0.1) is 18.0 Å². The summed E-state index contributed by atoms with van der Waals surface area (Å²) >= 11 is 0. The van der Waals surface area contributed by atoms with Crippen LogP contribution in [-0.4, -0.2) is 16.1 Å². The fraction of sp³-hybridized carbons (Fsp3) is 0.231. The molecule has 1 N–H and O–H groups in total. The van der Waals surface area contributed by atoms with Gasteiger partial charge in [-0.15, -0.1) is 0 Å². The van der Waals surface area contributed by atoms with Crippen molar-refractivity contribution in [3.05, 3.63) is 53.7 Å². The summed E-state index contributed by atoms with van der Waals surface area (Å²) in [6.45, 7) is 1.83. The summed E-state index contributed by atoms with van der Waals surface area (Å²) in [6, 6.07) is 9.08. The lowest BCUT2D eigenvalue weighted by molar-refractivity contribution is -0.137. The predicted octanol–water partition coefficient (Wildman–Crippen LogP) is 2.59. The number of pyridine rings is 1. The maximum absolute atomic E-state index is 10.9. The zero-order valence-corrected chi connectivity index (χ0v) is 9.46. The molecule has 0 aromatic carbocycles. The van der Waals surface area contributed by atoms with Crippen LogP contribution in [-0.2, 0) is 4.79 Å². The minimum Gasteiger partial charge on any atom is -0.481 e. The Bertz CT molecular complexity index is 504. The SMILES string of the molecule is Cc1ccc(C(CC(=O)O)c2ccccn2)o1. The summed E-state index contributed by atoms with van der Waals surface area (Å²) in [5, 5.41) is 8.94. The molecule has 0 radical (unpaired) electrons. The molecular weight excluding hydrogens is 218 g/mol. The number of furan rings is 1. The van der Waals surface area contributed by atoms with E-state index in [9.17, 15) is 4.79 Å². The van der Waals surface area contributed by atoms with E-state index >= 15 is 0 Å². The van der Waals surface area contributed by atoms with Crippen molar-refractivity contribution in [2.45, 2.75) is 19.3 Å². The van der Waals surface area contributed by atoms with Crippen molar-refractivity contribution in [3.63, 3.8) is 0 Å². The van der Waals surface area contributed by atoms with Gasteiger partial charge in [-0.2, -0.15) is 0 Å². The summed E-state index contributed by atoms with van der Waals surface area (Å²) in [5.41, 5.74) is 0.712. The Morgan fingerprint density at radius 1 is 1.41 bits per heavy atom. The second-order valence-corrected chi connectivity index (χ2v) is 3.85. The van der Waals surface area contributed by atoms with Crippen LogP contribution in [0.15, 0.2) is 40.9 Å². The van der Waals surface area contributed by atoms with E-state index in [0.29, 0.717) is 11.5 Å².